The average molecular weight is 253 g/mol. The number of hydrogen-bond donors (Lipinski definition) is 2. The van der Waals surface area contributed by atoms with Crippen molar-refractivity contribution < 1.29 is 4.79 Å². The van der Waals surface area contributed by atoms with E-state index in [4.69, 9.17) is 0 Å². The fourth-order valence-electron chi connectivity index (χ4n) is 2.23. The molecule has 0 radical (unpaired) electrons. The van der Waals surface area contributed by atoms with Crippen molar-refractivity contribution in [1.29, 1.82) is 0 Å². The molecule has 2 N–H and O–H groups in total. The Kier molecular flexibility index (Phi) is 3.79. The Morgan fingerprint density at radius 1 is 1.71 bits per heavy atom. The monoisotopic (exact) mass is 253 g/mol. The summed E-state index contributed by atoms with van der Waals surface area (Å²) in [6.07, 6.45) is 4.03. The predicted molar refractivity (Wildman–Crippen MR) is 69.3 cm³/mol. The van der Waals surface area contributed by atoms with E-state index >= 15 is 0 Å². The van der Waals surface area contributed by atoms with E-state index < -0.39 is 0 Å². The number of carbonyl (C=O) groups is 1. The van der Waals surface area contributed by atoms with Gasteiger partial charge in [0.1, 0.15) is 4.88 Å². The molecule has 17 heavy (non-hydrogen) atoms. The molecule has 1 aromatic heterocycles. The van der Waals surface area contributed by atoms with Crippen molar-refractivity contribution in [2.24, 2.45) is 5.41 Å². The lowest BCUT2D eigenvalue weighted by Gasteiger charge is -2.39. The number of aromatic nitrogens is 1. The molecule has 1 aliphatic rings. The van der Waals surface area contributed by atoms with Crippen LogP contribution in [0.15, 0.2) is 11.7 Å². The van der Waals surface area contributed by atoms with Crippen molar-refractivity contribution in [1.82, 2.24) is 15.6 Å². The first-order valence-electron chi connectivity index (χ1n) is 6.00. The molecule has 0 spiro atoms. The van der Waals surface area contributed by atoms with E-state index in [2.05, 4.69) is 29.5 Å². The van der Waals surface area contributed by atoms with Crippen molar-refractivity contribution in [3.8, 4) is 0 Å². The summed E-state index contributed by atoms with van der Waals surface area (Å²) in [4.78, 5) is 16.4. The van der Waals surface area contributed by atoms with Gasteiger partial charge >= 0.3 is 0 Å². The molecule has 1 atom stereocenters. The second kappa shape index (κ2) is 5.14. The molecule has 1 aliphatic heterocycles. The third-order valence-corrected chi connectivity index (χ3v) is 4.23. The minimum atomic E-state index is -0.0179. The van der Waals surface area contributed by atoms with E-state index in [1.165, 1.54) is 24.2 Å². The van der Waals surface area contributed by atoms with Gasteiger partial charge in [-0.2, -0.15) is 0 Å². The molecule has 5 heteroatoms. The largest absolute Gasteiger partial charge is 0.350 e. The first kappa shape index (κ1) is 12.5. The highest BCUT2D eigenvalue weighted by Gasteiger charge is 2.31. The van der Waals surface area contributed by atoms with E-state index in [0.29, 0.717) is 17.5 Å². The number of carbonyl (C=O) groups excluding carboxylic acids is 1. The van der Waals surface area contributed by atoms with E-state index in [9.17, 15) is 4.79 Å². The fourth-order valence-corrected chi connectivity index (χ4v) is 2.77. The van der Waals surface area contributed by atoms with Crippen LogP contribution in [0.2, 0.25) is 0 Å². The molecule has 1 unspecified atom stereocenters. The molecule has 1 fully saturated rings. The Morgan fingerprint density at radius 3 is 3.18 bits per heavy atom. The van der Waals surface area contributed by atoms with Crippen LogP contribution in [0, 0.1) is 5.41 Å². The standard InChI is InChI=1S/C12H19N3OS/c1-12(2)4-3-5-14-10(12)7-15-11(16)9-6-13-8-17-9/h6,8,10,14H,3-5,7H2,1-2H3,(H,15,16). The number of piperidine rings is 1. The minimum Gasteiger partial charge on any atom is -0.350 e. The molecule has 94 valence electrons. The van der Waals surface area contributed by atoms with Crippen LogP contribution >= 0.6 is 11.3 Å². The predicted octanol–water partition coefficient (Wildman–Crippen LogP) is 1.65. The molecule has 4 nitrogen and oxygen atoms in total. The normalized spacial score (nSPS) is 23.3. The van der Waals surface area contributed by atoms with Gasteiger partial charge in [0, 0.05) is 12.6 Å². The van der Waals surface area contributed by atoms with Crippen molar-refractivity contribution in [2.75, 3.05) is 13.1 Å². The van der Waals surface area contributed by atoms with Crippen LogP contribution in [-0.4, -0.2) is 30.0 Å². The smallest absolute Gasteiger partial charge is 0.263 e. The second-order valence-electron chi connectivity index (χ2n) is 5.17. The molecule has 0 saturated carbocycles. The Bertz CT molecular complexity index is 375. The Balaban J connectivity index is 1.87. The molecular weight excluding hydrogens is 234 g/mol. The second-order valence-corrected chi connectivity index (χ2v) is 6.06. The number of rotatable bonds is 3. The average Bonchev–Trinajstić information content (AvgIpc) is 2.80. The summed E-state index contributed by atoms with van der Waals surface area (Å²) in [5, 5.41) is 6.46. The zero-order chi connectivity index (χ0) is 12.3. The van der Waals surface area contributed by atoms with Crippen molar-refractivity contribution >= 4 is 17.2 Å². The van der Waals surface area contributed by atoms with Crippen LogP contribution in [0.1, 0.15) is 36.4 Å². The molecule has 1 amide bonds. The van der Waals surface area contributed by atoms with Crippen LogP contribution in [0.3, 0.4) is 0 Å². The van der Waals surface area contributed by atoms with E-state index in [-0.39, 0.29) is 11.3 Å². The van der Waals surface area contributed by atoms with Gasteiger partial charge in [-0.15, -0.1) is 11.3 Å². The molecule has 1 aromatic rings. The van der Waals surface area contributed by atoms with Crippen LogP contribution < -0.4 is 10.6 Å². The molecule has 0 aliphatic carbocycles. The fraction of sp³-hybridized carbons (Fsp3) is 0.667. The lowest BCUT2D eigenvalue weighted by Crippen LogP contribution is -2.52. The quantitative estimate of drug-likeness (QED) is 0.861. The summed E-state index contributed by atoms with van der Waals surface area (Å²) < 4.78 is 0. The zero-order valence-electron chi connectivity index (χ0n) is 10.3. The van der Waals surface area contributed by atoms with Gasteiger partial charge < -0.3 is 10.6 Å². The highest BCUT2D eigenvalue weighted by Crippen LogP contribution is 2.29. The number of amides is 1. The third kappa shape index (κ3) is 3.04. The summed E-state index contributed by atoms with van der Waals surface area (Å²) in [5.41, 5.74) is 1.93. The van der Waals surface area contributed by atoms with Gasteiger partial charge in [0.15, 0.2) is 0 Å². The number of nitrogens with one attached hydrogen (secondary N) is 2. The summed E-state index contributed by atoms with van der Waals surface area (Å²) in [6, 6.07) is 0.355. The van der Waals surface area contributed by atoms with Gasteiger partial charge in [-0.1, -0.05) is 13.8 Å². The SMILES string of the molecule is CC1(C)CCCNC1CNC(=O)c1cncs1. The van der Waals surface area contributed by atoms with Gasteiger partial charge in [-0.3, -0.25) is 9.78 Å². The minimum absolute atomic E-state index is 0.0179. The maximum atomic E-state index is 11.8. The Morgan fingerprint density at radius 2 is 2.53 bits per heavy atom. The van der Waals surface area contributed by atoms with Gasteiger partial charge in [0.25, 0.3) is 5.91 Å². The van der Waals surface area contributed by atoms with Crippen molar-refractivity contribution in [3.63, 3.8) is 0 Å². The van der Waals surface area contributed by atoms with Crippen LogP contribution in [-0.2, 0) is 0 Å². The highest BCUT2D eigenvalue weighted by molar-refractivity contribution is 7.11. The van der Waals surface area contributed by atoms with Crippen LogP contribution in [0.25, 0.3) is 0 Å². The van der Waals surface area contributed by atoms with Crippen molar-refractivity contribution in [3.05, 3.63) is 16.6 Å². The molecule has 2 rings (SSSR count). The van der Waals surface area contributed by atoms with Crippen molar-refractivity contribution in [2.45, 2.75) is 32.7 Å². The zero-order valence-corrected chi connectivity index (χ0v) is 11.1. The lowest BCUT2D eigenvalue weighted by molar-refractivity contribution is 0.0932. The van der Waals surface area contributed by atoms with E-state index in [0.717, 1.165) is 6.54 Å². The van der Waals surface area contributed by atoms with E-state index in [1.807, 2.05) is 0 Å². The lowest BCUT2D eigenvalue weighted by atomic mass is 9.77. The molecule has 0 aromatic carbocycles. The first-order valence-corrected chi connectivity index (χ1v) is 6.87. The summed E-state index contributed by atoms with van der Waals surface area (Å²) in [5.74, 6) is -0.0179. The molecule has 0 bridgehead atoms. The van der Waals surface area contributed by atoms with Crippen LogP contribution in [0.4, 0.5) is 0 Å². The van der Waals surface area contributed by atoms with Gasteiger partial charge in [0.05, 0.1) is 11.7 Å². The highest BCUT2D eigenvalue weighted by atomic mass is 32.1. The number of nitrogens with zero attached hydrogens (tertiary/aromatic N) is 1. The molecular formula is C12H19N3OS. The summed E-state index contributed by atoms with van der Waals surface area (Å²) in [7, 11) is 0. The Hall–Kier alpha value is -0.940. The molecule has 2 heterocycles. The maximum absolute atomic E-state index is 11.8. The first-order chi connectivity index (χ1) is 8.09. The maximum Gasteiger partial charge on any atom is 0.263 e. The van der Waals surface area contributed by atoms with Gasteiger partial charge in [-0.25, -0.2) is 0 Å². The van der Waals surface area contributed by atoms with Gasteiger partial charge in [0.2, 0.25) is 0 Å². The summed E-state index contributed by atoms with van der Waals surface area (Å²) in [6.45, 7) is 6.24. The number of thiazole rings is 1. The summed E-state index contributed by atoms with van der Waals surface area (Å²) >= 11 is 1.37. The van der Waals surface area contributed by atoms with Crippen LogP contribution in [0.5, 0.6) is 0 Å². The topological polar surface area (TPSA) is 54.0 Å². The third-order valence-electron chi connectivity index (χ3n) is 3.45. The number of hydrogen-bond acceptors (Lipinski definition) is 4. The molecule has 1 saturated heterocycles. The van der Waals surface area contributed by atoms with Gasteiger partial charge in [-0.05, 0) is 24.8 Å². The Labute approximate surface area is 106 Å². The van der Waals surface area contributed by atoms with E-state index in [1.54, 1.807) is 11.7 Å².